The van der Waals surface area contributed by atoms with E-state index in [4.69, 9.17) is 0 Å². The number of carbonyl (C=O) groups excluding carboxylic acids is 2. The van der Waals surface area contributed by atoms with Crippen LogP contribution in [0.15, 0.2) is 36.7 Å². The summed E-state index contributed by atoms with van der Waals surface area (Å²) >= 11 is 0. The first-order chi connectivity index (χ1) is 12.2. The summed E-state index contributed by atoms with van der Waals surface area (Å²) in [6.45, 7) is 0.776. The molecule has 0 radical (unpaired) electrons. The molecule has 2 amide bonds. The van der Waals surface area contributed by atoms with Gasteiger partial charge in [0.25, 0.3) is 0 Å². The first-order valence-corrected chi connectivity index (χ1v) is 8.87. The number of benzene rings is 1. The summed E-state index contributed by atoms with van der Waals surface area (Å²) in [4.78, 5) is 28.8. The van der Waals surface area contributed by atoms with E-state index in [1.807, 2.05) is 30.5 Å². The molecule has 2 atom stereocenters. The molecule has 2 aliphatic rings. The number of para-hydroxylation sites is 1. The number of amides is 2. The topological polar surface area (TPSA) is 76.0 Å². The zero-order chi connectivity index (χ0) is 17.2. The van der Waals surface area contributed by atoms with E-state index in [9.17, 15) is 9.59 Å². The molecule has 0 bridgehead atoms. The van der Waals surface area contributed by atoms with E-state index in [-0.39, 0.29) is 23.8 Å². The van der Waals surface area contributed by atoms with E-state index >= 15 is 0 Å². The number of carbonyl (C=O) groups is 2. The van der Waals surface area contributed by atoms with Gasteiger partial charge >= 0.3 is 0 Å². The van der Waals surface area contributed by atoms with Gasteiger partial charge in [-0.15, -0.1) is 0 Å². The molecular formula is C19H22N4O2. The molecule has 6 nitrogen and oxygen atoms in total. The predicted molar refractivity (Wildman–Crippen MR) is 94.0 cm³/mol. The Balaban J connectivity index is 1.29. The zero-order valence-corrected chi connectivity index (χ0v) is 14.1. The molecule has 3 heterocycles. The summed E-state index contributed by atoms with van der Waals surface area (Å²) in [7, 11) is 0. The van der Waals surface area contributed by atoms with Gasteiger partial charge < -0.3 is 15.2 Å². The van der Waals surface area contributed by atoms with Crippen molar-refractivity contribution in [1.82, 2.24) is 14.9 Å². The van der Waals surface area contributed by atoms with Gasteiger partial charge in [-0.3, -0.25) is 9.59 Å². The van der Waals surface area contributed by atoms with E-state index in [0.29, 0.717) is 19.3 Å². The number of hydrogen-bond donors (Lipinski definition) is 2. The van der Waals surface area contributed by atoms with Crippen molar-refractivity contribution in [1.29, 1.82) is 0 Å². The maximum atomic E-state index is 12.3. The van der Waals surface area contributed by atoms with Gasteiger partial charge in [0.15, 0.2) is 0 Å². The van der Waals surface area contributed by atoms with Crippen LogP contribution in [0.3, 0.4) is 0 Å². The fraction of sp³-hybridized carbons (Fsp3) is 0.421. The largest absolute Gasteiger partial charge is 0.352 e. The summed E-state index contributed by atoms with van der Waals surface area (Å²) in [5.74, 6) is 1.00. The Labute approximate surface area is 146 Å². The Morgan fingerprint density at radius 1 is 1.36 bits per heavy atom. The highest BCUT2D eigenvalue weighted by Gasteiger charge is 2.27. The molecule has 130 valence electrons. The lowest BCUT2D eigenvalue weighted by Crippen LogP contribution is -2.41. The second-order valence-electron chi connectivity index (χ2n) is 6.89. The van der Waals surface area contributed by atoms with E-state index < -0.39 is 0 Å². The molecule has 1 aromatic heterocycles. The fourth-order valence-electron chi connectivity index (χ4n) is 3.74. The highest BCUT2D eigenvalue weighted by Crippen LogP contribution is 2.27. The minimum absolute atomic E-state index is 0.0206. The van der Waals surface area contributed by atoms with Gasteiger partial charge in [-0.1, -0.05) is 18.2 Å². The SMILES string of the molecule is O=C(CC[C@H]1Cc2ccccc2NC1=O)N[C@@H]1CCc2nccn2C1. The second-order valence-corrected chi connectivity index (χ2v) is 6.89. The average Bonchev–Trinajstić information content (AvgIpc) is 3.07. The lowest BCUT2D eigenvalue weighted by atomic mass is 9.89. The number of fused-ring (bicyclic) bond motifs is 2. The first-order valence-electron chi connectivity index (χ1n) is 8.87. The van der Waals surface area contributed by atoms with Gasteiger partial charge in [-0.05, 0) is 30.9 Å². The Morgan fingerprint density at radius 2 is 2.24 bits per heavy atom. The molecule has 2 aliphatic heterocycles. The van der Waals surface area contributed by atoms with Crippen LogP contribution in [-0.4, -0.2) is 27.4 Å². The predicted octanol–water partition coefficient (Wildman–Crippen LogP) is 1.91. The summed E-state index contributed by atoms with van der Waals surface area (Å²) in [5, 5.41) is 6.05. The van der Waals surface area contributed by atoms with Gasteiger partial charge in [-0.2, -0.15) is 0 Å². The molecule has 6 heteroatoms. The summed E-state index contributed by atoms with van der Waals surface area (Å²) in [5.41, 5.74) is 2.04. The number of nitrogens with one attached hydrogen (secondary N) is 2. The lowest BCUT2D eigenvalue weighted by molar-refractivity contribution is -0.123. The van der Waals surface area contributed by atoms with E-state index in [0.717, 1.165) is 36.5 Å². The van der Waals surface area contributed by atoms with E-state index in [1.165, 1.54) is 0 Å². The summed E-state index contributed by atoms with van der Waals surface area (Å²) in [6, 6.07) is 8.00. The number of anilines is 1. The molecule has 0 spiro atoms. The van der Waals surface area contributed by atoms with Crippen LogP contribution in [0, 0.1) is 5.92 Å². The van der Waals surface area contributed by atoms with Crippen molar-refractivity contribution in [3.05, 3.63) is 48.0 Å². The number of nitrogens with zero attached hydrogens (tertiary/aromatic N) is 2. The maximum Gasteiger partial charge on any atom is 0.227 e. The highest BCUT2D eigenvalue weighted by molar-refractivity contribution is 5.96. The Bertz CT molecular complexity index is 798. The van der Waals surface area contributed by atoms with Gasteiger partial charge in [0, 0.05) is 49.4 Å². The van der Waals surface area contributed by atoms with Crippen LogP contribution in [-0.2, 0) is 29.0 Å². The van der Waals surface area contributed by atoms with Gasteiger partial charge in [0.1, 0.15) is 5.82 Å². The third kappa shape index (κ3) is 3.43. The number of aryl methyl sites for hydroxylation is 1. The molecule has 0 fully saturated rings. The molecule has 0 saturated heterocycles. The van der Waals surface area contributed by atoms with Crippen LogP contribution >= 0.6 is 0 Å². The highest BCUT2D eigenvalue weighted by atomic mass is 16.2. The fourth-order valence-corrected chi connectivity index (χ4v) is 3.74. The molecule has 2 aromatic rings. The standard InChI is InChI=1S/C19H22N4O2/c24-18(21-15-6-7-17-20-9-10-23(17)12-15)8-5-14-11-13-3-1-2-4-16(13)22-19(14)25/h1-4,9-10,14-15H,5-8,11-12H2,(H,21,24)(H,22,25)/t14-,15+/m0/s1. The van der Waals surface area contributed by atoms with Crippen LogP contribution in [0.4, 0.5) is 5.69 Å². The lowest BCUT2D eigenvalue weighted by Gasteiger charge is -2.26. The van der Waals surface area contributed by atoms with E-state index in [1.54, 1.807) is 6.20 Å². The Kier molecular flexibility index (Phi) is 4.26. The molecule has 1 aromatic carbocycles. The number of hydrogen-bond acceptors (Lipinski definition) is 3. The van der Waals surface area contributed by atoms with Crippen molar-refractivity contribution in [2.24, 2.45) is 5.92 Å². The van der Waals surface area contributed by atoms with Crippen molar-refractivity contribution in [2.75, 3.05) is 5.32 Å². The molecule has 0 saturated carbocycles. The molecule has 25 heavy (non-hydrogen) atoms. The minimum Gasteiger partial charge on any atom is -0.352 e. The third-order valence-corrected chi connectivity index (χ3v) is 5.13. The summed E-state index contributed by atoms with van der Waals surface area (Å²) in [6.07, 6.45) is 7.23. The minimum atomic E-state index is -0.132. The normalized spacial score (nSPS) is 21.8. The van der Waals surface area contributed by atoms with Crippen molar-refractivity contribution in [3.8, 4) is 0 Å². The third-order valence-electron chi connectivity index (χ3n) is 5.13. The second kappa shape index (κ2) is 6.70. The first kappa shape index (κ1) is 15.9. The van der Waals surface area contributed by atoms with Crippen LogP contribution in [0.1, 0.15) is 30.7 Å². The Hall–Kier alpha value is -2.63. The van der Waals surface area contributed by atoms with Gasteiger partial charge in [0.2, 0.25) is 11.8 Å². The number of aromatic nitrogens is 2. The number of rotatable bonds is 4. The smallest absolute Gasteiger partial charge is 0.227 e. The zero-order valence-electron chi connectivity index (χ0n) is 14.1. The van der Waals surface area contributed by atoms with Gasteiger partial charge in [-0.25, -0.2) is 4.98 Å². The summed E-state index contributed by atoms with van der Waals surface area (Å²) < 4.78 is 2.10. The van der Waals surface area contributed by atoms with E-state index in [2.05, 4.69) is 20.2 Å². The molecular weight excluding hydrogens is 316 g/mol. The van der Waals surface area contributed by atoms with Crippen LogP contribution in [0.25, 0.3) is 0 Å². The van der Waals surface area contributed by atoms with Crippen molar-refractivity contribution < 1.29 is 9.59 Å². The monoisotopic (exact) mass is 338 g/mol. The van der Waals surface area contributed by atoms with Crippen molar-refractivity contribution in [2.45, 2.75) is 44.7 Å². The van der Waals surface area contributed by atoms with Crippen molar-refractivity contribution >= 4 is 17.5 Å². The molecule has 0 aliphatic carbocycles. The van der Waals surface area contributed by atoms with Crippen LogP contribution in [0.2, 0.25) is 0 Å². The van der Waals surface area contributed by atoms with Crippen LogP contribution in [0.5, 0.6) is 0 Å². The quantitative estimate of drug-likeness (QED) is 0.894. The molecule has 4 rings (SSSR count). The average molecular weight is 338 g/mol. The van der Waals surface area contributed by atoms with Crippen LogP contribution < -0.4 is 10.6 Å². The van der Waals surface area contributed by atoms with Gasteiger partial charge in [0.05, 0.1) is 0 Å². The molecule has 2 N–H and O–H groups in total. The van der Waals surface area contributed by atoms with Crippen molar-refractivity contribution in [3.63, 3.8) is 0 Å². The number of imidazole rings is 1. The maximum absolute atomic E-state index is 12.3. The Morgan fingerprint density at radius 3 is 3.16 bits per heavy atom. The molecule has 0 unspecified atom stereocenters.